The molecule has 0 saturated carbocycles. The lowest BCUT2D eigenvalue weighted by atomic mass is 10.0. The Balaban J connectivity index is 2.43. The molecule has 3 nitrogen and oxygen atoms in total. The van der Waals surface area contributed by atoms with E-state index in [1.807, 2.05) is 24.3 Å². The molecule has 2 aromatic rings. The van der Waals surface area contributed by atoms with Gasteiger partial charge in [0, 0.05) is 13.6 Å². The predicted molar refractivity (Wildman–Crippen MR) is 90.5 cm³/mol. The van der Waals surface area contributed by atoms with E-state index in [1.165, 1.54) is 0 Å². The van der Waals surface area contributed by atoms with Crippen molar-refractivity contribution in [3.8, 4) is 11.5 Å². The minimum Gasteiger partial charge on any atom is -0.493 e. The predicted octanol–water partition coefficient (Wildman–Crippen LogP) is 4.15. The Bertz CT molecular complexity index is 599. The second-order valence-electron chi connectivity index (χ2n) is 4.18. The summed E-state index contributed by atoms with van der Waals surface area (Å²) in [4.78, 5) is 0. The molecule has 0 fully saturated rings. The molecule has 106 valence electrons. The van der Waals surface area contributed by atoms with Crippen molar-refractivity contribution in [3.63, 3.8) is 0 Å². The van der Waals surface area contributed by atoms with Gasteiger partial charge in [-0.2, -0.15) is 0 Å². The van der Waals surface area contributed by atoms with Crippen LogP contribution in [-0.2, 0) is 0 Å². The minimum absolute atomic E-state index is 0.593. The lowest BCUT2D eigenvalue weighted by Gasteiger charge is -2.16. The molecular weight excluding hydrogens is 435 g/mol. The number of hydrogen-bond acceptors (Lipinski definition) is 3. The van der Waals surface area contributed by atoms with Crippen molar-refractivity contribution in [1.29, 1.82) is 0 Å². The number of halogens is 2. The molecule has 0 aromatic heterocycles. The SMILES string of the molecule is COc1cc(Br)c(C(O)c2ccc(I)cc2)cc1OC. The first kappa shape index (κ1) is 15.6. The Morgan fingerprint density at radius 3 is 2.15 bits per heavy atom. The average molecular weight is 449 g/mol. The lowest BCUT2D eigenvalue weighted by molar-refractivity contribution is 0.218. The normalized spacial score (nSPS) is 12.1. The van der Waals surface area contributed by atoms with Crippen LogP contribution in [0.1, 0.15) is 17.2 Å². The summed E-state index contributed by atoms with van der Waals surface area (Å²) >= 11 is 5.70. The highest BCUT2D eigenvalue weighted by atomic mass is 127. The summed E-state index contributed by atoms with van der Waals surface area (Å²) < 4.78 is 12.4. The molecule has 0 radical (unpaired) electrons. The minimum atomic E-state index is -0.721. The Labute approximate surface area is 140 Å². The molecule has 0 spiro atoms. The third-order valence-electron chi connectivity index (χ3n) is 2.98. The summed E-state index contributed by atoms with van der Waals surface area (Å²) in [7, 11) is 3.16. The highest BCUT2D eigenvalue weighted by Crippen LogP contribution is 2.37. The van der Waals surface area contributed by atoms with Crippen LogP contribution < -0.4 is 9.47 Å². The Hall–Kier alpha value is -0.790. The molecule has 1 atom stereocenters. The highest BCUT2D eigenvalue weighted by molar-refractivity contribution is 14.1. The largest absolute Gasteiger partial charge is 0.493 e. The van der Waals surface area contributed by atoms with Crippen LogP contribution in [0.4, 0.5) is 0 Å². The second kappa shape index (κ2) is 6.78. The quantitative estimate of drug-likeness (QED) is 0.714. The van der Waals surface area contributed by atoms with Gasteiger partial charge in [-0.1, -0.05) is 28.1 Å². The van der Waals surface area contributed by atoms with Crippen LogP contribution in [-0.4, -0.2) is 19.3 Å². The van der Waals surface area contributed by atoms with E-state index in [0.29, 0.717) is 11.5 Å². The van der Waals surface area contributed by atoms with Crippen molar-refractivity contribution in [3.05, 3.63) is 55.6 Å². The summed E-state index contributed by atoms with van der Waals surface area (Å²) in [6.45, 7) is 0. The molecule has 0 saturated heterocycles. The smallest absolute Gasteiger partial charge is 0.161 e. The van der Waals surface area contributed by atoms with Crippen LogP contribution in [0.3, 0.4) is 0 Å². The fourth-order valence-corrected chi connectivity index (χ4v) is 2.80. The highest BCUT2D eigenvalue weighted by Gasteiger charge is 2.17. The maximum Gasteiger partial charge on any atom is 0.161 e. The van der Waals surface area contributed by atoms with Gasteiger partial charge < -0.3 is 14.6 Å². The molecule has 0 aliphatic rings. The van der Waals surface area contributed by atoms with Gasteiger partial charge in [0.25, 0.3) is 0 Å². The van der Waals surface area contributed by atoms with Gasteiger partial charge in [-0.25, -0.2) is 0 Å². The first-order valence-electron chi connectivity index (χ1n) is 5.91. The monoisotopic (exact) mass is 448 g/mol. The number of aliphatic hydroxyl groups is 1. The van der Waals surface area contributed by atoms with Gasteiger partial charge in [0.1, 0.15) is 6.10 Å². The van der Waals surface area contributed by atoms with E-state index in [0.717, 1.165) is 19.2 Å². The first-order chi connectivity index (χ1) is 9.56. The van der Waals surface area contributed by atoms with E-state index in [9.17, 15) is 5.11 Å². The third-order valence-corrected chi connectivity index (χ3v) is 4.39. The van der Waals surface area contributed by atoms with Crippen LogP contribution in [0.5, 0.6) is 11.5 Å². The van der Waals surface area contributed by atoms with Gasteiger partial charge in [0.05, 0.1) is 14.2 Å². The lowest BCUT2D eigenvalue weighted by Crippen LogP contribution is -2.02. The fourth-order valence-electron chi connectivity index (χ4n) is 1.90. The summed E-state index contributed by atoms with van der Waals surface area (Å²) in [5.74, 6) is 1.22. The number of rotatable bonds is 4. The summed E-state index contributed by atoms with van der Waals surface area (Å²) in [6, 6.07) is 11.3. The average Bonchev–Trinajstić information content (AvgIpc) is 2.47. The van der Waals surface area contributed by atoms with Crippen molar-refractivity contribution in [1.82, 2.24) is 0 Å². The number of aliphatic hydroxyl groups excluding tert-OH is 1. The van der Waals surface area contributed by atoms with Crippen LogP contribution >= 0.6 is 38.5 Å². The van der Waals surface area contributed by atoms with Gasteiger partial charge >= 0.3 is 0 Å². The van der Waals surface area contributed by atoms with Crippen molar-refractivity contribution in [2.75, 3.05) is 14.2 Å². The molecule has 5 heteroatoms. The van der Waals surface area contributed by atoms with Gasteiger partial charge in [0.15, 0.2) is 11.5 Å². The van der Waals surface area contributed by atoms with Gasteiger partial charge in [-0.3, -0.25) is 0 Å². The van der Waals surface area contributed by atoms with Gasteiger partial charge in [-0.15, -0.1) is 0 Å². The van der Waals surface area contributed by atoms with Crippen LogP contribution in [0, 0.1) is 3.57 Å². The zero-order chi connectivity index (χ0) is 14.7. The second-order valence-corrected chi connectivity index (χ2v) is 6.28. The van der Waals surface area contributed by atoms with E-state index < -0.39 is 6.10 Å². The molecule has 20 heavy (non-hydrogen) atoms. The third kappa shape index (κ3) is 3.27. The molecule has 1 unspecified atom stereocenters. The summed E-state index contributed by atoms with van der Waals surface area (Å²) in [5, 5.41) is 10.5. The Kier molecular flexibility index (Phi) is 5.29. The van der Waals surface area contributed by atoms with Gasteiger partial charge in [-0.05, 0) is 52.4 Å². The number of methoxy groups -OCH3 is 2. The molecule has 2 rings (SSSR count). The van der Waals surface area contributed by atoms with Crippen molar-refractivity contribution in [2.45, 2.75) is 6.10 Å². The molecule has 0 bridgehead atoms. The maximum absolute atomic E-state index is 10.5. The van der Waals surface area contributed by atoms with E-state index in [2.05, 4.69) is 38.5 Å². The van der Waals surface area contributed by atoms with E-state index >= 15 is 0 Å². The summed E-state index contributed by atoms with van der Waals surface area (Å²) in [6.07, 6.45) is -0.721. The molecule has 0 aliphatic heterocycles. The number of hydrogen-bond donors (Lipinski definition) is 1. The van der Waals surface area contributed by atoms with Crippen molar-refractivity contribution >= 4 is 38.5 Å². The van der Waals surface area contributed by atoms with E-state index in [4.69, 9.17) is 9.47 Å². The van der Waals surface area contributed by atoms with Crippen LogP contribution in [0.25, 0.3) is 0 Å². The van der Waals surface area contributed by atoms with Gasteiger partial charge in [0.2, 0.25) is 0 Å². The topological polar surface area (TPSA) is 38.7 Å². The van der Waals surface area contributed by atoms with Crippen molar-refractivity contribution < 1.29 is 14.6 Å². The molecule has 0 aliphatic carbocycles. The standard InChI is InChI=1S/C15H14BrIO3/c1-19-13-7-11(12(16)8-14(13)20-2)15(18)9-3-5-10(17)6-4-9/h3-8,15,18H,1-2H3. The molecule has 1 N–H and O–H groups in total. The molecular formula is C15H14BrIO3. The summed E-state index contributed by atoms with van der Waals surface area (Å²) in [5.41, 5.74) is 1.57. The molecule has 0 heterocycles. The number of benzene rings is 2. The van der Waals surface area contributed by atoms with Crippen LogP contribution in [0.2, 0.25) is 0 Å². The Morgan fingerprint density at radius 2 is 1.60 bits per heavy atom. The van der Waals surface area contributed by atoms with E-state index in [-0.39, 0.29) is 0 Å². The molecule has 0 amide bonds. The zero-order valence-corrected chi connectivity index (χ0v) is 14.8. The van der Waals surface area contributed by atoms with Crippen molar-refractivity contribution in [2.24, 2.45) is 0 Å². The van der Waals surface area contributed by atoms with Crippen LogP contribution in [0.15, 0.2) is 40.9 Å². The Morgan fingerprint density at radius 1 is 1.05 bits per heavy atom. The molecule has 2 aromatic carbocycles. The maximum atomic E-state index is 10.5. The number of ether oxygens (including phenoxy) is 2. The first-order valence-corrected chi connectivity index (χ1v) is 7.79. The fraction of sp³-hybridized carbons (Fsp3) is 0.200. The van der Waals surface area contributed by atoms with E-state index in [1.54, 1.807) is 26.4 Å². The zero-order valence-electron chi connectivity index (χ0n) is 11.1.